The Kier molecular flexibility index (Phi) is 6.19. The molecular formula is C16H22ClN3O. The van der Waals surface area contributed by atoms with Gasteiger partial charge in [0, 0.05) is 11.6 Å². The molecule has 0 saturated heterocycles. The summed E-state index contributed by atoms with van der Waals surface area (Å²) in [5, 5.41) is 12.7. The van der Waals surface area contributed by atoms with E-state index in [0.29, 0.717) is 11.6 Å². The Morgan fingerprint density at radius 1 is 1.43 bits per heavy atom. The van der Waals surface area contributed by atoms with Gasteiger partial charge >= 0.3 is 0 Å². The van der Waals surface area contributed by atoms with Gasteiger partial charge in [-0.3, -0.25) is 9.69 Å². The summed E-state index contributed by atoms with van der Waals surface area (Å²) < 4.78 is 0. The van der Waals surface area contributed by atoms with Gasteiger partial charge in [-0.2, -0.15) is 5.26 Å². The molecule has 0 saturated carbocycles. The molecule has 0 radical (unpaired) electrons. The summed E-state index contributed by atoms with van der Waals surface area (Å²) in [6.07, 6.45) is 0. The third-order valence-electron chi connectivity index (χ3n) is 3.57. The Morgan fingerprint density at radius 3 is 2.48 bits per heavy atom. The normalized spacial score (nSPS) is 13.8. The maximum Gasteiger partial charge on any atom is 0.235 e. The lowest BCUT2D eigenvalue weighted by Gasteiger charge is -2.28. The second-order valence-corrected chi connectivity index (χ2v) is 6.25. The molecule has 21 heavy (non-hydrogen) atoms. The fourth-order valence-electron chi connectivity index (χ4n) is 1.83. The van der Waals surface area contributed by atoms with Crippen molar-refractivity contribution in [1.29, 1.82) is 5.26 Å². The second kappa shape index (κ2) is 7.44. The maximum absolute atomic E-state index is 12.1. The van der Waals surface area contributed by atoms with Crippen LogP contribution in [0, 0.1) is 17.2 Å². The minimum Gasteiger partial charge on any atom is -0.337 e. The largest absolute Gasteiger partial charge is 0.337 e. The van der Waals surface area contributed by atoms with Gasteiger partial charge in [-0.05, 0) is 37.6 Å². The highest BCUT2D eigenvalue weighted by molar-refractivity contribution is 6.30. The van der Waals surface area contributed by atoms with E-state index in [1.165, 1.54) is 0 Å². The molecule has 0 aliphatic heterocycles. The number of hydrogen-bond acceptors (Lipinski definition) is 3. The van der Waals surface area contributed by atoms with Gasteiger partial charge in [0.1, 0.15) is 5.54 Å². The monoisotopic (exact) mass is 307 g/mol. The van der Waals surface area contributed by atoms with Crippen molar-refractivity contribution in [3.8, 4) is 6.07 Å². The molecule has 0 fully saturated rings. The van der Waals surface area contributed by atoms with Crippen LogP contribution in [-0.2, 0) is 11.3 Å². The number of likely N-dealkylation sites (N-methyl/N-ethyl adjacent to an activating group) is 1. The van der Waals surface area contributed by atoms with E-state index >= 15 is 0 Å². The zero-order valence-electron chi connectivity index (χ0n) is 13.0. The fourth-order valence-corrected chi connectivity index (χ4v) is 1.96. The standard InChI is InChI=1S/C16H22ClN3O/c1-12(2)16(3,11-18)19-15(21)10-20(4)9-13-5-7-14(17)8-6-13/h5-8,12H,9-10H2,1-4H3,(H,19,21). The number of nitrogens with one attached hydrogen (secondary N) is 1. The summed E-state index contributed by atoms with van der Waals surface area (Å²) in [6.45, 7) is 6.47. The molecule has 0 aromatic heterocycles. The van der Waals surface area contributed by atoms with Crippen molar-refractivity contribution < 1.29 is 4.79 Å². The first-order valence-corrected chi connectivity index (χ1v) is 7.30. The molecule has 0 aliphatic carbocycles. The molecule has 1 aromatic rings. The van der Waals surface area contributed by atoms with Crippen LogP contribution in [0.25, 0.3) is 0 Å². The van der Waals surface area contributed by atoms with E-state index in [0.717, 1.165) is 5.56 Å². The minimum atomic E-state index is -0.835. The van der Waals surface area contributed by atoms with E-state index in [-0.39, 0.29) is 18.4 Å². The topological polar surface area (TPSA) is 56.1 Å². The van der Waals surface area contributed by atoms with E-state index < -0.39 is 5.54 Å². The average molecular weight is 308 g/mol. The van der Waals surface area contributed by atoms with Gasteiger partial charge in [-0.15, -0.1) is 0 Å². The molecule has 1 N–H and O–H groups in total. The summed E-state index contributed by atoms with van der Waals surface area (Å²) in [7, 11) is 1.87. The molecule has 5 heteroatoms. The Balaban J connectivity index is 2.55. The smallest absolute Gasteiger partial charge is 0.235 e. The summed E-state index contributed by atoms with van der Waals surface area (Å²) in [6, 6.07) is 9.70. The molecule has 1 aromatic carbocycles. The highest BCUT2D eigenvalue weighted by atomic mass is 35.5. The van der Waals surface area contributed by atoms with Crippen LogP contribution in [0.5, 0.6) is 0 Å². The predicted octanol–water partition coefficient (Wildman–Crippen LogP) is 2.83. The first-order valence-electron chi connectivity index (χ1n) is 6.92. The Bertz CT molecular complexity index is 521. The van der Waals surface area contributed by atoms with E-state index in [2.05, 4.69) is 11.4 Å². The predicted molar refractivity (Wildman–Crippen MR) is 84.8 cm³/mol. The Morgan fingerprint density at radius 2 is 2.00 bits per heavy atom. The molecule has 1 atom stereocenters. The zero-order valence-corrected chi connectivity index (χ0v) is 13.7. The molecule has 114 valence electrons. The second-order valence-electron chi connectivity index (χ2n) is 5.82. The summed E-state index contributed by atoms with van der Waals surface area (Å²) in [4.78, 5) is 14.0. The summed E-state index contributed by atoms with van der Waals surface area (Å²) in [5.74, 6) is -0.0998. The highest BCUT2D eigenvalue weighted by Gasteiger charge is 2.30. The van der Waals surface area contributed by atoms with Gasteiger partial charge in [-0.1, -0.05) is 37.6 Å². The number of benzene rings is 1. The molecule has 1 amide bonds. The number of carbonyl (C=O) groups is 1. The van der Waals surface area contributed by atoms with Crippen molar-refractivity contribution in [3.05, 3.63) is 34.9 Å². The van der Waals surface area contributed by atoms with Crippen molar-refractivity contribution in [2.75, 3.05) is 13.6 Å². The van der Waals surface area contributed by atoms with E-state index in [1.54, 1.807) is 6.92 Å². The minimum absolute atomic E-state index is 0.0491. The molecule has 0 aliphatic rings. The quantitative estimate of drug-likeness (QED) is 0.879. The molecule has 4 nitrogen and oxygen atoms in total. The SMILES string of the molecule is CC(C)C(C)(C#N)NC(=O)CN(C)Cc1ccc(Cl)cc1. The van der Waals surface area contributed by atoms with Crippen LogP contribution in [0.4, 0.5) is 0 Å². The van der Waals surface area contributed by atoms with Crippen molar-refractivity contribution >= 4 is 17.5 Å². The Hall–Kier alpha value is -1.57. The van der Waals surface area contributed by atoms with Crippen LogP contribution in [-0.4, -0.2) is 29.9 Å². The lowest BCUT2D eigenvalue weighted by Crippen LogP contribution is -2.51. The van der Waals surface area contributed by atoms with Crippen LogP contribution >= 0.6 is 11.6 Å². The van der Waals surface area contributed by atoms with E-state index in [9.17, 15) is 10.1 Å². The van der Waals surface area contributed by atoms with Gasteiger partial charge in [0.05, 0.1) is 12.6 Å². The Labute approximate surface area is 131 Å². The van der Waals surface area contributed by atoms with Gasteiger partial charge in [0.25, 0.3) is 0 Å². The summed E-state index contributed by atoms with van der Waals surface area (Å²) >= 11 is 5.84. The van der Waals surface area contributed by atoms with Crippen LogP contribution in [0.3, 0.4) is 0 Å². The maximum atomic E-state index is 12.1. The molecular weight excluding hydrogens is 286 g/mol. The van der Waals surface area contributed by atoms with E-state index in [4.69, 9.17) is 11.6 Å². The number of hydrogen-bond donors (Lipinski definition) is 1. The third kappa shape index (κ3) is 5.37. The van der Waals surface area contributed by atoms with Crippen molar-refractivity contribution in [2.24, 2.45) is 5.92 Å². The molecule has 1 rings (SSSR count). The van der Waals surface area contributed by atoms with Gasteiger partial charge in [0.2, 0.25) is 5.91 Å². The third-order valence-corrected chi connectivity index (χ3v) is 3.82. The fraction of sp³-hybridized carbons (Fsp3) is 0.500. The number of halogens is 1. The lowest BCUT2D eigenvalue weighted by molar-refractivity contribution is -0.123. The van der Waals surface area contributed by atoms with Crippen LogP contribution in [0.1, 0.15) is 26.3 Å². The zero-order chi connectivity index (χ0) is 16.0. The summed E-state index contributed by atoms with van der Waals surface area (Å²) in [5.41, 5.74) is 0.250. The first-order chi connectivity index (χ1) is 9.76. The van der Waals surface area contributed by atoms with Crippen LogP contribution < -0.4 is 5.32 Å². The van der Waals surface area contributed by atoms with Gasteiger partial charge < -0.3 is 5.32 Å². The number of amides is 1. The molecule has 0 bridgehead atoms. The van der Waals surface area contributed by atoms with E-state index in [1.807, 2.05) is 50.1 Å². The number of rotatable bonds is 6. The molecule has 0 heterocycles. The lowest BCUT2D eigenvalue weighted by atomic mass is 9.90. The van der Waals surface area contributed by atoms with Crippen molar-refractivity contribution in [3.63, 3.8) is 0 Å². The van der Waals surface area contributed by atoms with Crippen molar-refractivity contribution in [2.45, 2.75) is 32.9 Å². The number of nitriles is 1. The number of carbonyl (C=O) groups excluding carboxylic acids is 1. The highest BCUT2D eigenvalue weighted by Crippen LogP contribution is 2.15. The molecule has 0 spiro atoms. The first kappa shape index (κ1) is 17.5. The number of nitrogens with zero attached hydrogens (tertiary/aromatic N) is 2. The van der Waals surface area contributed by atoms with Crippen LogP contribution in [0.15, 0.2) is 24.3 Å². The van der Waals surface area contributed by atoms with Crippen LogP contribution in [0.2, 0.25) is 5.02 Å². The average Bonchev–Trinajstić information content (AvgIpc) is 2.40. The molecule has 1 unspecified atom stereocenters. The van der Waals surface area contributed by atoms with Gasteiger partial charge in [-0.25, -0.2) is 0 Å². The van der Waals surface area contributed by atoms with Gasteiger partial charge in [0.15, 0.2) is 0 Å². The van der Waals surface area contributed by atoms with Crippen molar-refractivity contribution in [1.82, 2.24) is 10.2 Å².